The highest BCUT2D eigenvalue weighted by atomic mass is 35.5. The molecule has 0 fully saturated rings. The summed E-state index contributed by atoms with van der Waals surface area (Å²) in [6.07, 6.45) is 4.55. The third-order valence-electron chi connectivity index (χ3n) is 6.32. The summed E-state index contributed by atoms with van der Waals surface area (Å²) in [7, 11) is 2.02. The van der Waals surface area contributed by atoms with Gasteiger partial charge in [0.25, 0.3) is 5.56 Å². The van der Waals surface area contributed by atoms with Crippen LogP contribution in [0.1, 0.15) is 58.5 Å². The fourth-order valence-electron chi connectivity index (χ4n) is 4.62. The third kappa shape index (κ3) is 5.89. The Morgan fingerprint density at radius 3 is 2.43 bits per heavy atom. The van der Waals surface area contributed by atoms with E-state index in [1.807, 2.05) is 27.1 Å². The van der Waals surface area contributed by atoms with Crippen LogP contribution >= 0.6 is 11.6 Å². The van der Waals surface area contributed by atoms with Crippen molar-refractivity contribution < 1.29 is 9.84 Å². The van der Waals surface area contributed by atoms with Crippen LogP contribution in [-0.2, 0) is 18.9 Å². The Morgan fingerprint density at radius 2 is 1.84 bits per heavy atom. The SMILES string of the molecule is CC(C)Oc1cc2ncn([C@H](CCO)Cc3ccc(-c4cn(C)c(C(C)(C)C)n4)cc3)c(=O)c2cc1Cl. The van der Waals surface area contributed by atoms with Gasteiger partial charge in [-0.3, -0.25) is 9.36 Å². The van der Waals surface area contributed by atoms with Gasteiger partial charge in [-0.2, -0.15) is 0 Å². The summed E-state index contributed by atoms with van der Waals surface area (Å²) in [5.74, 6) is 1.53. The van der Waals surface area contributed by atoms with Crippen molar-refractivity contribution in [3.8, 4) is 17.0 Å². The molecule has 0 saturated heterocycles. The Labute approximate surface area is 222 Å². The topological polar surface area (TPSA) is 82.2 Å². The molecular weight excluding hydrogens is 488 g/mol. The molecule has 1 N–H and O–H groups in total. The van der Waals surface area contributed by atoms with Crippen LogP contribution in [0.15, 0.2) is 53.7 Å². The second-order valence-electron chi connectivity index (χ2n) is 10.8. The predicted octanol–water partition coefficient (Wildman–Crippen LogP) is 5.70. The van der Waals surface area contributed by atoms with Crippen molar-refractivity contribution >= 4 is 22.5 Å². The average Bonchev–Trinajstić information content (AvgIpc) is 3.23. The summed E-state index contributed by atoms with van der Waals surface area (Å²) >= 11 is 6.40. The molecule has 2 aromatic carbocycles. The number of rotatable bonds is 8. The number of aromatic nitrogens is 4. The highest BCUT2D eigenvalue weighted by molar-refractivity contribution is 6.32. The summed E-state index contributed by atoms with van der Waals surface area (Å²) in [6.45, 7) is 10.2. The van der Waals surface area contributed by atoms with Crippen molar-refractivity contribution in [1.29, 1.82) is 0 Å². The molecule has 7 nitrogen and oxygen atoms in total. The number of hydrogen-bond donors (Lipinski definition) is 1. The predicted molar refractivity (Wildman–Crippen MR) is 149 cm³/mol. The molecule has 1 atom stereocenters. The van der Waals surface area contributed by atoms with Gasteiger partial charge in [0.2, 0.25) is 0 Å². The zero-order valence-corrected chi connectivity index (χ0v) is 23.1. The molecule has 0 aliphatic rings. The zero-order valence-electron chi connectivity index (χ0n) is 22.3. The number of hydrogen-bond acceptors (Lipinski definition) is 5. The molecule has 0 aliphatic heterocycles. The van der Waals surface area contributed by atoms with Crippen LogP contribution in [0.5, 0.6) is 5.75 Å². The molecule has 0 aliphatic carbocycles. The third-order valence-corrected chi connectivity index (χ3v) is 6.62. The van der Waals surface area contributed by atoms with Gasteiger partial charge in [-0.15, -0.1) is 0 Å². The Bertz CT molecular complexity index is 1450. The fraction of sp³-hybridized carbons (Fsp3) is 0.414. The number of fused-ring (bicyclic) bond motifs is 1. The van der Waals surface area contributed by atoms with E-state index in [4.69, 9.17) is 21.3 Å². The van der Waals surface area contributed by atoms with Crippen molar-refractivity contribution in [2.24, 2.45) is 7.05 Å². The molecule has 4 rings (SSSR count). The summed E-state index contributed by atoms with van der Waals surface area (Å²) in [5, 5.41) is 10.5. The first kappa shape index (κ1) is 26.9. The Hall–Kier alpha value is -3.16. The van der Waals surface area contributed by atoms with Gasteiger partial charge in [-0.1, -0.05) is 56.6 Å². The number of aryl methyl sites for hydroxylation is 1. The van der Waals surface area contributed by atoms with E-state index in [0.29, 0.717) is 34.5 Å². The molecule has 0 spiro atoms. The molecule has 2 heterocycles. The number of benzene rings is 2. The fourth-order valence-corrected chi connectivity index (χ4v) is 4.82. The first-order valence-electron chi connectivity index (χ1n) is 12.6. The normalized spacial score (nSPS) is 12.9. The number of aliphatic hydroxyl groups is 1. The van der Waals surface area contributed by atoms with Crippen molar-refractivity contribution in [2.45, 2.75) is 65.0 Å². The second-order valence-corrected chi connectivity index (χ2v) is 11.2. The summed E-state index contributed by atoms with van der Waals surface area (Å²) in [4.78, 5) is 22.8. The van der Waals surface area contributed by atoms with Crippen LogP contribution in [0.3, 0.4) is 0 Å². The van der Waals surface area contributed by atoms with E-state index >= 15 is 0 Å². The minimum atomic E-state index is -0.257. The van der Waals surface area contributed by atoms with E-state index in [0.717, 1.165) is 22.6 Å². The van der Waals surface area contributed by atoms with Gasteiger partial charge in [0, 0.05) is 42.9 Å². The number of halogens is 1. The van der Waals surface area contributed by atoms with Crippen molar-refractivity contribution in [1.82, 2.24) is 19.1 Å². The van der Waals surface area contributed by atoms with Crippen LogP contribution in [0.4, 0.5) is 0 Å². The maximum atomic E-state index is 13.4. The maximum Gasteiger partial charge on any atom is 0.261 e. The van der Waals surface area contributed by atoms with Gasteiger partial charge < -0.3 is 14.4 Å². The Kier molecular flexibility index (Phi) is 7.76. The zero-order chi connectivity index (χ0) is 26.9. The highest BCUT2D eigenvalue weighted by Gasteiger charge is 2.21. The lowest BCUT2D eigenvalue weighted by molar-refractivity contribution is 0.243. The molecule has 0 radical (unpaired) electrons. The molecule has 4 aromatic rings. The number of aliphatic hydroxyl groups excluding tert-OH is 1. The molecule has 8 heteroatoms. The van der Waals surface area contributed by atoms with Gasteiger partial charge in [0.05, 0.1) is 34.1 Å². The van der Waals surface area contributed by atoms with Gasteiger partial charge in [0.15, 0.2) is 0 Å². The van der Waals surface area contributed by atoms with E-state index in [9.17, 15) is 9.90 Å². The van der Waals surface area contributed by atoms with E-state index in [1.54, 1.807) is 23.0 Å². The number of imidazole rings is 1. The van der Waals surface area contributed by atoms with Gasteiger partial charge in [-0.25, -0.2) is 9.97 Å². The molecule has 0 saturated carbocycles. The van der Waals surface area contributed by atoms with Gasteiger partial charge >= 0.3 is 0 Å². The molecule has 0 amide bonds. The number of nitrogens with zero attached hydrogens (tertiary/aromatic N) is 4. The smallest absolute Gasteiger partial charge is 0.261 e. The van der Waals surface area contributed by atoms with Crippen LogP contribution < -0.4 is 10.3 Å². The summed E-state index contributed by atoms with van der Waals surface area (Å²) < 4.78 is 9.41. The summed E-state index contributed by atoms with van der Waals surface area (Å²) in [6, 6.07) is 11.3. The van der Waals surface area contributed by atoms with Crippen LogP contribution in [0.25, 0.3) is 22.2 Å². The van der Waals surface area contributed by atoms with Crippen molar-refractivity contribution in [2.75, 3.05) is 6.61 Å². The van der Waals surface area contributed by atoms with Crippen molar-refractivity contribution in [3.63, 3.8) is 0 Å². The largest absolute Gasteiger partial charge is 0.489 e. The first-order chi connectivity index (χ1) is 17.5. The lowest BCUT2D eigenvalue weighted by atomic mass is 9.96. The lowest BCUT2D eigenvalue weighted by Crippen LogP contribution is -2.27. The molecule has 0 unspecified atom stereocenters. The van der Waals surface area contributed by atoms with E-state index in [2.05, 4.69) is 54.6 Å². The standard InChI is InChI=1S/C29H35ClN4O3/c1-18(2)37-26-15-24-22(14-23(26)30)27(36)34(17-31-24)21(11-12-35)13-19-7-9-20(10-8-19)25-16-33(6)28(32-25)29(3,4)5/h7-10,14-18,21,35H,11-13H2,1-6H3/t21-/m1/s1. The van der Waals surface area contributed by atoms with Crippen LogP contribution in [-0.4, -0.2) is 36.9 Å². The minimum absolute atomic E-state index is 0.0428. The van der Waals surface area contributed by atoms with Crippen molar-refractivity contribution in [3.05, 3.63) is 75.7 Å². The minimum Gasteiger partial charge on any atom is -0.489 e. The molecule has 2 aromatic heterocycles. The van der Waals surface area contributed by atoms with E-state index in [-0.39, 0.29) is 29.7 Å². The Balaban J connectivity index is 1.61. The lowest BCUT2D eigenvalue weighted by Gasteiger charge is -2.20. The Morgan fingerprint density at radius 1 is 1.14 bits per heavy atom. The van der Waals surface area contributed by atoms with E-state index in [1.165, 1.54) is 0 Å². The molecular formula is C29H35ClN4O3. The molecule has 0 bridgehead atoms. The van der Waals surface area contributed by atoms with Gasteiger partial charge in [-0.05, 0) is 38.3 Å². The van der Waals surface area contributed by atoms with Gasteiger partial charge in [0.1, 0.15) is 11.6 Å². The van der Waals surface area contributed by atoms with E-state index < -0.39 is 0 Å². The van der Waals surface area contributed by atoms with Crippen LogP contribution in [0.2, 0.25) is 5.02 Å². The highest BCUT2D eigenvalue weighted by Crippen LogP contribution is 2.30. The maximum absolute atomic E-state index is 13.4. The average molecular weight is 523 g/mol. The number of ether oxygens (including phenoxy) is 1. The second kappa shape index (κ2) is 10.7. The monoisotopic (exact) mass is 522 g/mol. The quantitative estimate of drug-likeness (QED) is 0.321. The van der Waals surface area contributed by atoms with Crippen LogP contribution in [0, 0.1) is 0 Å². The molecule has 196 valence electrons. The summed E-state index contributed by atoms with van der Waals surface area (Å²) in [5.41, 5.74) is 3.31. The first-order valence-corrected chi connectivity index (χ1v) is 13.0. The molecule has 37 heavy (non-hydrogen) atoms.